The summed E-state index contributed by atoms with van der Waals surface area (Å²) in [4.78, 5) is 5.13. The van der Waals surface area contributed by atoms with Crippen LogP contribution in [0.3, 0.4) is 0 Å². The second-order valence-electron chi connectivity index (χ2n) is 9.24. The summed E-state index contributed by atoms with van der Waals surface area (Å²) in [5, 5.41) is 4.29. The molecule has 1 aromatic heterocycles. The van der Waals surface area contributed by atoms with Crippen molar-refractivity contribution in [3.05, 3.63) is 100 Å². The Morgan fingerprint density at radius 3 is 2.22 bits per heavy atom. The fourth-order valence-corrected chi connectivity index (χ4v) is 5.39. The van der Waals surface area contributed by atoms with Crippen LogP contribution in [-0.2, 0) is 0 Å². The number of hydrogen-bond donors (Lipinski definition) is 1. The second kappa shape index (κ2) is 8.38. The molecule has 4 heteroatoms. The Kier molecular flexibility index (Phi) is 5.24. The molecule has 0 spiro atoms. The molecule has 1 saturated heterocycles. The number of imidazole rings is 1. The van der Waals surface area contributed by atoms with Crippen LogP contribution in [0.1, 0.15) is 66.1 Å². The lowest BCUT2D eigenvalue weighted by atomic mass is 9.85. The number of benzene rings is 3. The number of fused-ring (bicyclic) bond motifs is 1. The molecule has 1 unspecified atom stereocenters. The van der Waals surface area contributed by atoms with Crippen LogP contribution < -0.4 is 5.32 Å². The minimum absolute atomic E-state index is 0.165. The first-order chi connectivity index (χ1) is 15.8. The van der Waals surface area contributed by atoms with Crippen LogP contribution in [0.4, 0.5) is 0 Å². The number of hydrogen-bond acceptors (Lipinski definition) is 2. The maximum absolute atomic E-state index is 6.21. The summed E-state index contributed by atoms with van der Waals surface area (Å²) in [7, 11) is 0. The quantitative estimate of drug-likeness (QED) is 0.350. The van der Waals surface area contributed by atoms with E-state index in [1.807, 2.05) is 12.1 Å². The van der Waals surface area contributed by atoms with Gasteiger partial charge >= 0.3 is 0 Å². The molecular weight excluding hydrogens is 414 g/mol. The van der Waals surface area contributed by atoms with Crippen molar-refractivity contribution in [2.24, 2.45) is 0 Å². The van der Waals surface area contributed by atoms with E-state index in [9.17, 15) is 0 Å². The van der Waals surface area contributed by atoms with E-state index in [1.54, 1.807) is 0 Å². The van der Waals surface area contributed by atoms with Gasteiger partial charge in [-0.3, -0.25) is 0 Å². The van der Waals surface area contributed by atoms with Gasteiger partial charge in [0.05, 0.1) is 11.0 Å². The molecule has 3 nitrogen and oxygen atoms in total. The third kappa shape index (κ3) is 3.74. The Morgan fingerprint density at radius 1 is 0.812 bits per heavy atom. The average molecular weight is 442 g/mol. The zero-order valence-corrected chi connectivity index (χ0v) is 18.9. The number of nitrogens with zero attached hydrogens (tertiary/aromatic N) is 2. The molecule has 6 rings (SSSR count). The van der Waals surface area contributed by atoms with Gasteiger partial charge in [-0.15, -0.1) is 0 Å². The van der Waals surface area contributed by atoms with Gasteiger partial charge in [-0.25, -0.2) is 4.98 Å². The molecule has 32 heavy (non-hydrogen) atoms. The van der Waals surface area contributed by atoms with E-state index in [2.05, 4.69) is 70.5 Å². The third-order valence-electron chi connectivity index (χ3n) is 7.03. The van der Waals surface area contributed by atoms with E-state index in [0.717, 1.165) is 23.6 Å². The summed E-state index contributed by atoms with van der Waals surface area (Å²) in [6.45, 7) is 2.18. The number of rotatable bonds is 5. The monoisotopic (exact) mass is 441 g/mol. The van der Waals surface area contributed by atoms with Crippen molar-refractivity contribution >= 4 is 22.6 Å². The lowest BCUT2D eigenvalue weighted by Gasteiger charge is -2.27. The normalized spacial score (nSPS) is 18.2. The van der Waals surface area contributed by atoms with Crippen LogP contribution in [0.5, 0.6) is 0 Å². The van der Waals surface area contributed by atoms with Gasteiger partial charge in [0.2, 0.25) is 0 Å². The van der Waals surface area contributed by atoms with E-state index in [4.69, 9.17) is 16.6 Å². The van der Waals surface area contributed by atoms with Crippen molar-refractivity contribution < 1.29 is 0 Å². The van der Waals surface area contributed by atoms with E-state index < -0.39 is 0 Å². The predicted octanol–water partition coefficient (Wildman–Crippen LogP) is 6.67. The fourth-order valence-electron chi connectivity index (χ4n) is 5.26. The molecule has 3 aromatic carbocycles. The highest BCUT2D eigenvalue weighted by molar-refractivity contribution is 6.30. The van der Waals surface area contributed by atoms with Crippen LogP contribution in [-0.4, -0.2) is 22.6 Å². The maximum Gasteiger partial charge on any atom is 0.113 e. The predicted molar refractivity (Wildman–Crippen MR) is 132 cm³/mol. The number of aromatic nitrogens is 2. The summed E-state index contributed by atoms with van der Waals surface area (Å²) in [6.07, 6.45) is 4.90. The summed E-state index contributed by atoms with van der Waals surface area (Å²) in [5.41, 5.74) is 6.30. The summed E-state index contributed by atoms with van der Waals surface area (Å²) in [6, 6.07) is 26.5. The molecule has 1 saturated carbocycles. The molecular formula is C28H28ClN3. The lowest BCUT2D eigenvalue weighted by molar-refractivity contribution is 0.367. The van der Waals surface area contributed by atoms with Crippen molar-refractivity contribution in [2.45, 2.75) is 43.6 Å². The SMILES string of the molecule is Clc1ccc(C(c2ccccc2)c2ccc3nc(C4CC4)n(C4CCNCC4)c3c2)cc1. The maximum atomic E-state index is 6.21. The topological polar surface area (TPSA) is 29.9 Å². The first-order valence-electron chi connectivity index (χ1n) is 11.8. The highest BCUT2D eigenvalue weighted by atomic mass is 35.5. The number of halogens is 1. The van der Waals surface area contributed by atoms with Crippen molar-refractivity contribution in [1.29, 1.82) is 0 Å². The summed E-state index contributed by atoms with van der Waals surface area (Å²) >= 11 is 6.21. The molecule has 1 aliphatic carbocycles. The van der Waals surface area contributed by atoms with Crippen molar-refractivity contribution in [3.63, 3.8) is 0 Å². The Bertz CT molecular complexity index is 1220. The van der Waals surface area contributed by atoms with Gasteiger partial charge in [-0.05, 0) is 79.7 Å². The van der Waals surface area contributed by atoms with Crippen LogP contribution in [0.15, 0.2) is 72.8 Å². The van der Waals surface area contributed by atoms with Gasteiger partial charge in [0.25, 0.3) is 0 Å². The first kappa shape index (κ1) is 20.0. The molecule has 1 atom stereocenters. The van der Waals surface area contributed by atoms with Crippen LogP contribution in [0.2, 0.25) is 5.02 Å². The van der Waals surface area contributed by atoms with E-state index >= 15 is 0 Å². The molecule has 1 aliphatic heterocycles. The van der Waals surface area contributed by atoms with Crippen molar-refractivity contribution in [1.82, 2.24) is 14.9 Å². The molecule has 0 amide bonds. The molecule has 2 aliphatic rings. The zero-order chi connectivity index (χ0) is 21.5. The Balaban J connectivity index is 1.51. The molecule has 4 aromatic rings. The van der Waals surface area contributed by atoms with Gasteiger partial charge in [-0.1, -0.05) is 60.1 Å². The number of nitrogens with one attached hydrogen (secondary N) is 1. The molecule has 2 heterocycles. The van der Waals surface area contributed by atoms with E-state index in [1.165, 1.54) is 53.7 Å². The lowest BCUT2D eigenvalue weighted by Crippen LogP contribution is -2.30. The van der Waals surface area contributed by atoms with E-state index in [0.29, 0.717) is 12.0 Å². The van der Waals surface area contributed by atoms with Crippen LogP contribution >= 0.6 is 11.6 Å². The highest BCUT2D eigenvalue weighted by Gasteiger charge is 2.32. The fraction of sp³-hybridized carbons (Fsp3) is 0.321. The molecule has 162 valence electrons. The van der Waals surface area contributed by atoms with Crippen LogP contribution in [0.25, 0.3) is 11.0 Å². The third-order valence-corrected chi connectivity index (χ3v) is 7.28. The summed E-state index contributed by atoms with van der Waals surface area (Å²) in [5.74, 6) is 2.12. The molecule has 2 fully saturated rings. The highest BCUT2D eigenvalue weighted by Crippen LogP contribution is 2.43. The van der Waals surface area contributed by atoms with Gasteiger partial charge < -0.3 is 9.88 Å². The number of piperidine rings is 1. The van der Waals surface area contributed by atoms with Gasteiger partial charge in [-0.2, -0.15) is 0 Å². The zero-order valence-electron chi connectivity index (χ0n) is 18.2. The Labute approximate surface area is 194 Å². The van der Waals surface area contributed by atoms with Gasteiger partial charge in [0.15, 0.2) is 0 Å². The Morgan fingerprint density at radius 2 is 1.50 bits per heavy atom. The molecule has 1 N–H and O–H groups in total. The van der Waals surface area contributed by atoms with Crippen LogP contribution in [0, 0.1) is 0 Å². The average Bonchev–Trinajstić information content (AvgIpc) is 3.62. The molecule has 0 bridgehead atoms. The minimum Gasteiger partial charge on any atom is -0.325 e. The largest absolute Gasteiger partial charge is 0.325 e. The molecule has 0 radical (unpaired) electrons. The van der Waals surface area contributed by atoms with Gasteiger partial charge in [0.1, 0.15) is 5.82 Å². The summed E-state index contributed by atoms with van der Waals surface area (Å²) < 4.78 is 2.60. The smallest absolute Gasteiger partial charge is 0.113 e. The Hall–Kier alpha value is -2.62. The minimum atomic E-state index is 0.165. The van der Waals surface area contributed by atoms with Crippen molar-refractivity contribution in [3.8, 4) is 0 Å². The standard InChI is InChI=1S/C28H28ClN3/c29-23-11-8-20(9-12-23)27(19-4-2-1-3-5-19)22-10-13-25-26(18-22)32(24-14-16-30-17-15-24)28(31-25)21-6-7-21/h1-5,8-13,18,21,24,27,30H,6-7,14-17H2. The second-order valence-corrected chi connectivity index (χ2v) is 9.68. The first-order valence-corrected chi connectivity index (χ1v) is 12.2. The van der Waals surface area contributed by atoms with Gasteiger partial charge in [0, 0.05) is 22.9 Å². The van der Waals surface area contributed by atoms with E-state index in [-0.39, 0.29) is 5.92 Å². The van der Waals surface area contributed by atoms with Crippen molar-refractivity contribution in [2.75, 3.05) is 13.1 Å².